The quantitative estimate of drug-likeness (QED) is 0.482. The maximum absolute atomic E-state index is 12.1. The Bertz CT molecular complexity index is 703. The van der Waals surface area contributed by atoms with Gasteiger partial charge in [0.1, 0.15) is 11.5 Å². The number of carbonyl (C=O) groups excluding carboxylic acids is 2. The zero-order valence-electron chi connectivity index (χ0n) is 11.8. The van der Waals surface area contributed by atoms with Gasteiger partial charge in [0, 0.05) is 10.5 Å². The summed E-state index contributed by atoms with van der Waals surface area (Å²) in [7, 11) is 2.80. The summed E-state index contributed by atoms with van der Waals surface area (Å²) >= 11 is 0. The van der Waals surface area contributed by atoms with Crippen molar-refractivity contribution in [1.82, 2.24) is 0 Å². The van der Waals surface area contributed by atoms with Crippen molar-refractivity contribution < 1.29 is 19.1 Å². The molecule has 1 aliphatic rings. The van der Waals surface area contributed by atoms with E-state index in [1.54, 1.807) is 13.0 Å². The third-order valence-electron chi connectivity index (χ3n) is 3.25. The molecule has 7 heteroatoms. The van der Waals surface area contributed by atoms with E-state index in [9.17, 15) is 9.59 Å². The lowest BCUT2D eigenvalue weighted by Crippen LogP contribution is -2.16. The third kappa shape index (κ3) is 2.34. The maximum Gasteiger partial charge on any atom is 0.190 e. The van der Waals surface area contributed by atoms with Crippen LogP contribution in [0.25, 0.3) is 10.4 Å². The summed E-state index contributed by atoms with van der Waals surface area (Å²) in [6.07, 6.45) is 2.39. The van der Waals surface area contributed by atoms with Crippen molar-refractivity contribution in [3.05, 3.63) is 45.4 Å². The van der Waals surface area contributed by atoms with Gasteiger partial charge in [-0.15, -0.1) is 0 Å². The normalized spacial score (nSPS) is 14.2. The first-order valence-electron chi connectivity index (χ1n) is 6.15. The summed E-state index contributed by atoms with van der Waals surface area (Å²) in [5, 5.41) is 3.60. The third-order valence-corrected chi connectivity index (χ3v) is 3.25. The van der Waals surface area contributed by atoms with Gasteiger partial charge in [0.25, 0.3) is 0 Å². The van der Waals surface area contributed by atoms with Crippen molar-refractivity contribution in [2.45, 2.75) is 13.0 Å². The Kier molecular flexibility index (Phi) is 3.95. The van der Waals surface area contributed by atoms with Crippen LogP contribution in [0.3, 0.4) is 0 Å². The summed E-state index contributed by atoms with van der Waals surface area (Å²) < 4.78 is 10.5. The van der Waals surface area contributed by atoms with E-state index >= 15 is 0 Å². The molecule has 0 amide bonds. The molecule has 7 nitrogen and oxygen atoms in total. The van der Waals surface area contributed by atoms with Crippen LogP contribution in [0.5, 0.6) is 11.5 Å². The minimum atomic E-state index is -0.571. The first-order valence-corrected chi connectivity index (χ1v) is 6.15. The van der Waals surface area contributed by atoms with E-state index in [0.717, 1.165) is 0 Å². The molecule has 0 bridgehead atoms. The predicted molar refractivity (Wildman–Crippen MR) is 74.9 cm³/mol. The van der Waals surface area contributed by atoms with Crippen LogP contribution in [0, 0.1) is 0 Å². The second-order valence-corrected chi connectivity index (χ2v) is 4.39. The Balaban J connectivity index is 2.83. The summed E-state index contributed by atoms with van der Waals surface area (Å²) in [5.74, 6) is -0.200. The number of hydrogen-bond donors (Lipinski definition) is 0. The van der Waals surface area contributed by atoms with Crippen LogP contribution >= 0.6 is 0 Å². The van der Waals surface area contributed by atoms with E-state index in [1.165, 1.54) is 26.4 Å². The van der Waals surface area contributed by atoms with Crippen molar-refractivity contribution in [2.75, 3.05) is 14.2 Å². The molecular weight excluding hydrogens is 274 g/mol. The van der Waals surface area contributed by atoms with Gasteiger partial charge in [-0.25, -0.2) is 0 Å². The first kappa shape index (κ1) is 14.6. The standard InChI is InChI=1S/C14H13N3O4/c1-7(16-17-15)8-6-11(20-2)12-9(18)4-5-10(19)13(12)14(8)21-3/h4-7H,1-3H3. The monoisotopic (exact) mass is 287 g/mol. The number of carbonyl (C=O) groups is 2. The number of allylic oxidation sites excluding steroid dienone is 2. The molecule has 0 saturated heterocycles. The number of methoxy groups -OCH3 is 2. The number of rotatable bonds is 4. The van der Waals surface area contributed by atoms with E-state index in [-0.39, 0.29) is 34.2 Å². The molecular formula is C14H13N3O4. The first-order chi connectivity index (χ1) is 10.0. The summed E-state index contributed by atoms with van der Waals surface area (Å²) in [6.45, 7) is 1.66. The van der Waals surface area contributed by atoms with E-state index in [2.05, 4.69) is 10.0 Å². The number of fused-ring (bicyclic) bond motifs is 1. The Morgan fingerprint density at radius 2 is 1.76 bits per heavy atom. The highest BCUT2D eigenvalue weighted by atomic mass is 16.5. The zero-order valence-corrected chi connectivity index (χ0v) is 11.8. The molecule has 0 N–H and O–H groups in total. The Labute approximate surface area is 120 Å². The van der Waals surface area contributed by atoms with E-state index in [1.807, 2.05) is 0 Å². The molecule has 21 heavy (non-hydrogen) atoms. The molecule has 2 rings (SSSR count). The van der Waals surface area contributed by atoms with Crippen LogP contribution in [0.15, 0.2) is 23.3 Å². The van der Waals surface area contributed by atoms with Crippen LogP contribution in [0.1, 0.15) is 39.2 Å². The lowest BCUT2D eigenvalue weighted by molar-refractivity contribution is 0.0988. The molecule has 0 aromatic heterocycles. The van der Waals surface area contributed by atoms with Crippen molar-refractivity contribution in [1.29, 1.82) is 0 Å². The number of ether oxygens (including phenoxy) is 2. The molecule has 1 aliphatic carbocycles. The van der Waals surface area contributed by atoms with Crippen molar-refractivity contribution in [3.8, 4) is 11.5 Å². The van der Waals surface area contributed by atoms with Crippen LogP contribution < -0.4 is 9.47 Å². The fourth-order valence-corrected chi connectivity index (χ4v) is 2.29. The van der Waals surface area contributed by atoms with E-state index in [4.69, 9.17) is 15.0 Å². The average Bonchev–Trinajstić information content (AvgIpc) is 2.49. The minimum Gasteiger partial charge on any atom is -0.496 e. The fourth-order valence-electron chi connectivity index (χ4n) is 2.29. The van der Waals surface area contributed by atoms with Gasteiger partial charge >= 0.3 is 0 Å². The number of nitrogens with zero attached hydrogens (tertiary/aromatic N) is 3. The second kappa shape index (κ2) is 5.68. The number of ketones is 2. The maximum atomic E-state index is 12.1. The van der Waals surface area contributed by atoms with Gasteiger partial charge in [0.15, 0.2) is 11.6 Å². The fraction of sp³-hybridized carbons (Fsp3) is 0.286. The predicted octanol–water partition coefficient (Wildman–Crippen LogP) is 3.01. The van der Waals surface area contributed by atoms with E-state index < -0.39 is 6.04 Å². The van der Waals surface area contributed by atoms with Gasteiger partial charge in [0.05, 0.1) is 31.4 Å². The number of hydrogen-bond acceptors (Lipinski definition) is 5. The summed E-state index contributed by atoms with van der Waals surface area (Å²) in [5.41, 5.74) is 9.37. The molecule has 0 fully saturated rings. The van der Waals surface area contributed by atoms with Gasteiger partial charge in [-0.3, -0.25) is 9.59 Å². The molecule has 0 heterocycles. The highest BCUT2D eigenvalue weighted by Gasteiger charge is 2.30. The minimum absolute atomic E-state index is 0.138. The van der Waals surface area contributed by atoms with E-state index in [0.29, 0.717) is 5.56 Å². The molecule has 1 aromatic rings. The second-order valence-electron chi connectivity index (χ2n) is 4.39. The van der Waals surface area contributed by atoms with Crippen molar-refractivity contribution >= 4 is 11.6 Å². The van der Waals surface area contributed by atoms with Crippen LogP contribution in [0.4, 0.5) is 0 Å². The van der Waals surface area contributed by atoms with Gasteiger partial charge in [-0.1, -0.05) is 12.0 Å². The number of benzene rings is 1. The lowest BCUT2D eigenvalue weighted by atomic mass is 9.89. The van der Waals surface area contributed by atoms with Crippen LogP contribution in [-0.2, 0) is 0 Å². The van der Waals surface area contributed by atoms with Gasteiger partial charge in [0.2, 0.25) is 0 Å². The highest BCUT2D eigenvalue weighted by molar-refractivity contribution is 6.24. The molecule has 1 atom stereocenters. The molecule has 0 spiro atoms. The smallest absolute Gasteiger partial charge is 0.190 e. The van der Waals surface area contributed by atoms with Crippen molar-refractivity contribution in [2.24, 2.45) is 5.11 Å². The van der Waals surface area contributed by atoms with Gasteiger partial charge < -0.3 is 9.47 Å². The molecule has 0 saturated carbocycles. The molecule has 1 aromatic carbocycles. The SMILES string of the molecule is COc1cc(C(C)N=[N+]=[N-])c(OC)c2c1C(=O)C=CC2=O. The van der Waals surface area contributed by atoms with Crippen molar-refractivity contribution in [3.63, 3.8) is 0 Å². The zero-order chi connectivity index (χ0) is 15.6. The van der Waals surface area contributed by atoms with Gasteiger partial charge in [-0.05, 0) is 23.7 Å². The Hall–Kier alpha value is -2.79. The summed E-state index contributed by atoms with van der Waals surface area (Å²) in [6, 6.07) is 0.986. The largest absolute Gasteiger partial charge is 0.496 e. The topological polar surface area (TPSA) is 101 Å². The number of azide groups is 1. The molecule has 1 unspecified atom stereocenters. The van der Waals surface area contributed by atoms with Crippen LogP contribution in [-0.4, -0.2) is 25.8 Å². The molecule has 0 aliphatic heterocycles. The van der Waals surface area contributed by atoms with Gasteiger partial charge in [-0.2, -0.15) is 0 Å². The molecule has 0 radical (unpaired) electrons. The summed E-state index contributed by atoms with van der Waals surface area (Å²) in [4.78, 5) is 26.9. The Morgan fingerprint density at radius 3 is 2.29 bits per heavy atom. The highest BCUT2D eigenvalue weighted by Crippen LogP contribution is 2.40. The average molecular weight is 287 g/mol. The Morgan fingerprint density at radius 1 is 1.14 bits per heavy atom. The lowest BCUT2D eigenvalue weighted by Gasteiger charge is -2.21. The molecule has 108 valence electrons. The van der Waals surface area contributed by atoms with Crippen LogP contribution in [0.2, 0.25) is 0 Å².